The first-order valence-electron chi connectivity index (χ1n) is 6.06. The van der Waals surface area contributed by atoms with Gasteiger partial charge in [0.25, 0.3) is 0 Å². The van der Waals surface area contributed by atoms with Crippen molar-refractivity contribution in [2.24, 2.45) is 0 Å². The first-order chi connectivity index (χ1) is 8.03. The van der Waals surface area contributed by atoms with Gasteiger partial charge in [0.2, 0.25) is 0 Å². The van der Waals surface area contributed by atoms with Crippen LogP contribution < -0.4 is 4.74 Å². The van der Waals surface area contributed by atoms with E-state index in [1.807, 2.05) is 38.1 Å². The topological polar surface area (TPSA) is 38.7 Å². The molecule has 0 spiro atoms. The normalized spacial score (nSPS) is 33.4. The molecule has 1 aromatic rings. The lowest BCUT2D eigenvalue weighted by atomic mass is 9.82. The summed E-state index contributed by atoms with van der Waals surface area (Å²) in [6.07, 6.45) is 1.46. The lowest BCUT2D eigenvalue weighted by Crippen LogP contribution is -2.41. The van der Waals surface area contributed by atoms with E-state index in [1.165, 1.54) is 0 Å². The van der Waals surface area contributed by atoms with Crippen LogP contribution in [-0.2, 0) is 10.3 Å². The molecule has 1 N–H and O–H groups in total. The smallest absolute Gasteiger partial charge is 0.118 e. The van der Waals surface area contributed by atoms with Crippen molar-refractivity contribution in [3.63, 3.8) is 0 Å². The van der Waals surface area contributed by atoms with E-state index < -0.39 is 5.60 Å². The molecule has 17 heavy (non-hydrogen) atoms. The van der Waals surface area contributed by atoms with Gasteiger partial charge in [-0.05, 0) is 31.5 Å². The van der Waals surface area contributed by atoms with Gasteiger partial charge in [-0.3, -0.25) is 0 Å². The monoisotopic (exact) mass is 236 g/mol. The van der Waals surface area contributed by atoms with Gasteiger partial charge in [0.1, 0.15) is 5.75 Å². The minimum atomic E-state index is -0.774. The fraction of sp³-hybridized carbons (Fsp3) is 0.571. The Bertz CT molecular complexity index is 362. The van der Waals surface area contributed by atoms with Crippen LogP contribution in [0.25, 0.3) is 0 Å². The second kappa shape index (κ2) is 4.67. The average molecular weight is 236 g/mol. The summed E-state index contributed by atoms with van der Waals surface area (Å²) in [4.78, 5) is 0. The van der Waals surface area contributed by atoms with E-state index in [0.717, 1.165) is 11.3 Å². The van der Waals surface area contributed by atoms with Gasteiger partial charge in [-0.25, -0.2) is 0 Å². The molecule has 1 saturated heterocycles. The molecule has 2 unspecified atom stereocenters. The number of benzene rings is 1. The molecule has 2 atom stereocenters. The zero-order valence-electron chi connectivity index (χ0n) is 10.6. The van der Waals surface area contributed by atoms with Crippen LogP contribution in [0.1, 0.15) is 32.3 Å². The molecule has 0 amide bonds. The third-order valence-electron chi connectivity index (χ3n) is 3.34. The molecule has 1 heterocycles. The highest BCUT2D eigenvalue weighted by molar-refractivity contribution is 5.31. The predicted molar refractivity (Wildman–Crippen MR) is 66.1 cm³/mol. The Hall–Kier alpha value is -1.06. The minimum absolute atomic E-state index is 0.0888. The Kier molecular flexibility index (Phi) is 3.40. The second-order valence-corrected chi connectivity index (χ2v) is 4.93. The van der Waals surface area contributed by atoms with Gasteiger partial charge in [0, 0.05) is 12.8 Å². The Morgan fingerprint density at radius 1 is 1.18 bits per heavy atom. The predicted octanol–water partition coefficient (Wildman–Crippen LogP) is 2.47. The second-order valence-electron chi connectivity index (χ2n) is 4.93. The summed E-state index contributed by atoms with van der Waals surface area (Å²) in [5.74, 6) is 0.811. The Labute approximate surface area is 102 Å². The Morgan fingerprint density at radius 3 is 2.18 bits per heavy atom. The lowest BCUT2D eigenvalue weighted by molar-refractivity contribution is -0.135. The molecule has 0 radical (unpaired) electrons. The van der Waals surface area contributed by atoms with E-state index in [1.54, 1.807) is 7.11 Å². The van der Waals surface area contributed by atoms with Crippen molar-refractivity contribution < 1.29 is 14.6 Å². The van der Waals surface area contributed by atoms with E-state index in [9.17, 15) is 5.11 Å². The van der Waals surface area contributed by atoms with Gasteiger partial charge in [-0.1, -0.05) is 12.1 Å². The van der Waals surface area contributed by atoms with Crippen molar-refractivity contribution in [1.29, 1.82) is 0 Å². The molecule has 1 aliphatic heterocycles. The highest BCUT2D eigenvalue weighted by Crippen LogP contribution is 2.37. The van der Waals surface area contributed by atoms with E-state index >= 15 is 0 Å². The van der Waals surface area contributed by atoms with Crippen molar-refractivity contribution in [2.45, 2.75) is 44.5 Å². The fourth-order valence-electron chi connectivity index (χ4n) is 2.66. The molecule has 3 heteroatoms. The molecule has 1 fully saturated rings. The van der Waals surface area contributed by atoms with Gasteiger partial charge in [-0.15, -0.1) is 0 Å². The molecule has 0 saturated carbocycles. The fourth-order valence-corrected chi connectivity index (χ4v) is 2.66. The molecule has 0 aromatic heterocycles. The van der Waals surface area contributed by atoms with Crippen LogP contribution in [0.3, 0.4) is 0 Å². The largest absolute Gasteiger partial charge is 0.497 e. The summed E-state index contributed by atoms with van der Waals surface area (Å²) in [6.45, 7) is 4.01. The minimum Gasteiger partial charge on any atom is -0.497 e. The number of ether oxygens (including phenoxy) is 2. The van der Waals surface area contributed by atoms with Crippen LogP contribution in [-0.4, -0.2) is 24.4 Å². The quantitative estimate of drug-likeness (QED) is 0.857. The van der Waals surface area contributed by atoms with E-state index in [4.69, 9.17) is 9.47 Å². The highest BCUT2D eigenvalue weighted by Gasteiger charge is 2.38. The molecule has 1 aromatic carbocycles. The van der Waals surface area contributed by atoms with E-state index in [-0.39, 0.29) is 12.2 Å². The summed E-state index contributed by atoms with van der Waals surface area (Å²) >= 11 is 0. The van der Waals surface area contributed by atoms with Crippen LogP contribution in [0, 0.1) is 0 Å². The summed E-state index contributed by atoms with van der Waals surface area (Å²) in [7, 11) is 1.64. The maximum Gasteiger partial charge on any atom is 0.118 e. The van der Waals surface area contributed by atoms with Crippen molar-refractivity contribution in [1.82, 2.24) is 0 Å². The number of methoxy groups -OCH3 is 1. The summed E-state index contributed by atoms with van der Waals surface area (Å²) in [5.41, 5.74) is 0.170. The zero-order chi connectivity index (χ0) is 12.5. The van der Waals surface area contributed by atoms with Gasteiger partial charge in [-0.2, -0.15) is 0 Å². The Balaban J connectivity index is 2.23. The van der Waals surface area contributed by atoms with E-state index in [0.29, 0.717) is 12.8 Å². The number of rotatable bonds is 2. The maximum atomic E-state index is 10.7. The summed E-state index contributed by atoms with van der Waals surface area (Å²) in [6, 6.07) is 7.64. The van der Waals surface area contributed by atoms with Crippen molar-refractivity contribution >= 4 is 0 Å². The first-order valence-corrected chi connectivity index (χ1v) is 6.06. The molecule has 2 rings (SSSR count). The summed E-state index contributed by atoms with van der Waals surface area (Å²) < 4.78 is 10.8. The molecule has 0 aliphatic carbocycles. The van der Waals surface area contributed by atoms with Crippen molar-refractivity contribution in [3.05, 3.63) is 29.8 Å². The van der Waals surface area contributed by atoms with E-state index in [2.05, 4.69) is 0 Å². The summed E-state index contributed by atoms with van der Waals surface area (Å²) in [5, 5.41) is 10.7. The zero-order valence-corrected chi connectivity index (χ0v) is 10.6. The number of hydrogen-bond donors (Lipinski definition) is 1. The lowest BCUT2D eigenvalue weighted by Gasteiger charge is -2.39. The van der Waals surface area contributed by atoms with Gasteiger partial charge < -0.3 is 14.6 Å². The van der Waals surface area contributed by atoms with Crippen LogP contribution in [0.5, 0.6) is 5.75 Å². The molecular formula is C14H20O3. The molecule has 1 aliphatic rings. The van der Waals surface area contributed by atoms with Gasteiger partial charge in [0.15, 0.2) is 0 Å². The third kappa shape index (κ3) is 2.61. The van der Waals surface area contributed by atoms with Crippen molar-refractivity contribution in [2.75, 3.05) is 7.11 Å². The van der Waals surface area contributed by atoms with Gasteiger partial charge in [0.05, 0.1) is 24.9 Å². The molecule has 3 nitrogen and oxygen atoms in total. The standard InChI is InChI=1S/C14H20O3/c1-10-8-14(15,9-11(2)17-10)12-4-6-13(16-3)7-5-12/h4-7,10-11,15H,8-9H2,1-3H3. The first kappa shape index (κ1) is 12.4. The van der Waals surface area contributed by atoms with Crippen LogP contribution in [0.4, 0.5) is 0 Å². The number of aliphatic hydroxyl groups is 1. The van der Waals surface area contributed by atoms with Crippen LogP contribution in [0.15, 0.2) is 24.3 Å². The molecule has 0 bridgehead atoms. The van der Waals surface area contributed by atoms with Crippen molar-refractivity contribution in [3.8, 4) is 5.75 Å². The maximum absolute atomic E-state index is 10.7. The Morgan fingerprint density at radius 2 is 1.71 bits per heavy atom. The van der Waals surface area contributed by atoms with Gasteiger partial charge >= 0.3 is 0 Å². The number of hydrogen-bond acceptors (Lipinski definition) is 3. The van der Waals surface area contributed by atoms with Crippen LogP contribution in [0.2, 0.25) is 0 Å². The highest BCUT2D eigenvalue weighted by atomic mass is 16.5. The molecule has 94 valence electrons. The molecular weight excluding hydrogens is 216 g/mol. The third-order valence-corrected chi connectivity index (χ3v) is 3.34. The SMILES string of the molecule is COc1ccc(C2(O)CC(C)OC(C)C2)cc1. The average Bonchev–Trinajstić information content (AvgIpc) is 2.27. The van der Waals surface area contributed by atoms with Crippen LogP contribution >= 0.6 is 0 Å².